The number of hydrogen-bond acceptors (Lipinski definition) is 2. The average molecular weight is 514 g/mol. The van der Waals surface area contributed by atoms with Crippen LogP contribution in [0.5, 0.6) is 0 Å². The van der Waals surface area contributed by atoms with Gasteiger partial charge in [-0.25, -0.2) is 4.98 Å². The number of nitrogens with zero attached hydrogens (tertiary/aromatic N) is 3. The van der Waals surface area contributed by atoms with E-state index in [9.17, 15) is 0 Å². The first-order chi connectivity index (χ1) is 19.9. The molecule has 0 N–H and O–H groups in total. The Labute approximate surface area is 234 Å². The van der Waals surface area contributed by atoms with Crippen molar-refractivity contribution in [3.63, 3.8) is 0 Å². The zero-order valence-electron chi connectivity index (χ0n) is 22.0. The van der Waals surface area contributed by atoms with Gasteiger partial charge in [0.15, 0.2) is 0 Å². The van der Waals surface area contributed by atoms with Gasteiger partial charge in [-0.05, 0) is 53.5 Å². The van der Waals surface area contributed by atoms with Crippen LogP contribution in [-0.2, 0) is 0 Å². The second-order valence-corrected chi connectivity index (χ2v) is 10.4. The maximum absolute atomic E-state index is 5.23. The van der Waals surface area contributed by atoms with Gasteiger partial charge in [-0.1, -0.05) is 115 Å². The molecule has 0 radical (unpaired) electrons. The third-order valence-electron chi connectivity index (χ3n) is 8.09. The minimum Gasteiger partial charge on any atom is -0.304 e. The van der Waals surface area contributed by atoms with E-state index in [4.69, 9.17) is 4.98 Å². The van der Waals surface area contributed by atoms with Crippen LogP contribution >= 0.6 is 0 Å². The number of para-hydroxylation sites is 1. The van der Waals surface area contributed by atoms with Crippen molar-refractivity contribution in [3.05, 3.63) is 151 Å². The van der Waals surface area contributed by atoms with Gasteiger partial charge in [0, 0.05) is 22.2 Å². The number of allylic oxidation sites excluding steroid dienone is 2. The first-order valence-corrected chi connectivity index (χ1v) is 13.8. The number of hydrogen-bond donors (Lipinski definition) is 0. The van der Waals surface area contributed by atoms with Crippen molar-refractivity contribution in [2.24, 2.45) is 0 Å². The van der Waals surface area contributed by atoms with E-state index >= 15 is 0 Å². The highest BCUT2D eigenvalue weighted by molar-refractivity contribution is 6.07. The van der Waals surface area contributed by atoms with E-state index in [1.807, 2.05) is 6.07 Å². The van der Waals surface area contributed by atoms with Gasteiger partial charge in [0.2, 0.25) is 0 Å². The summed E-state index contributed by atoms with van der Waals surface area (Å²) in [6, 6.07) is 45.3. The molecule has 0 bridgehead atoms. The SMILES string of the molecule is C1=CCC2C(=C1)c1c(n(-c3ccc(-c4ccccc4)cc3)c3ccccc13)N2c1cccc(-c2ccccc2)n1. The van der Waals surface area contributed by atoms with Crippen molar-refractivity contribution in [3.8, 4) is 28.1 Å². The first kappa shape index (κ1) is 22.8. The quantitative estimate of drug-likeness (QED) is 0.234. The van der Waals surface area contributed by atoms with Crippen molar-refractivity contribution >= 4 is 28.1 Å². The Morgan fingerprint density at radius 1 is 0.625 bits per heavy atom. The monoisotopic (exact) mass is 513 g/mol. The lowest BCUT2D eigenvalue weighted by Gasteiger charge is -2.29. The van der Waals surface area contributed by atoms with E-state index in [0.29, 0.717) is 0 Å². The summed E-state index contributed by atoms with van der Waals surface area (Å²) in [5, 5.41) is 1.28. The number of anilines is 2. The second kappa shape index (κ2) is 9.25. The van der Waals surface area contributed by atoms with Crippen LogP contribution in [0, 0.1) is 0 Å². The molecule has 190 valence electrons. The Hall–Kier alpha value is -5.15. The summed E-state index contributed by atoms with van der Waals surface area (Å²) in [5.41, 5.74) is 9.57. The number of rotatable bonds is 4. The molecule has 0 saturated carbocycles. The van der Waals surface area contributed by atoms with E-state index in [0.717, 1.165) is 29.2 Å². The Kier molecular flexibility index (Phi) is 5.27. The molecule has 4 aromatic carbocycles. The highest BCUT2D eigenvalue weighted by Crippen LogP contribution is 2.52. The molecule has 1 unspecified atom stereocenters. The number of benzene rings is 4. The fourth-order valence-electron chi connectivity index (χ4n) is 6.29. The molecule has 0 spiro atoms. The minimum atomic E-state index is 0.202. The second-order valence-electron chi connectivity index (χ2n) is 10.4. The third kappa shape index (κ3) is 3.55. The Balaban J connectivity index is 1.35. The molecule has 1 atom stereocenters. The topological polar surface area (TPSA) is 21.1 Å². The molecule has 1 aliphatic carbocycles. The van der Waals surface area contributed by atoms with Crippen LogP contribution in [0.4, 0.5) is 11.6 Å². The van der Waals surface area contributed by atoms with Crippen LogP contribution in [0.1, 0.15) is 12.0 Å². The molecular formula is C37H27N3. The van der Waals surface area contributed by atoms with Crippen LogP contribution in [-0.4, -0.2) is 15.6 Å². The van der Waals surface area contributed by atoms with Gasteiger partial charge in [-0.2, -0.15) is 0 Å². The van der Waals surface area contributed by atoms with Gasteiger partial charge in [-0.3, -0.25) is 4.57 Å². The maximum atomic E-state index is 5.23. The minimum absolute atomic E-state index is 0.202. The molecule has 3 heteroatoms. The molecule has 0 saturated heterocycles. The highest BCUT2D eigenvalue weighted by atomic mass is 15.3. The van der Waals surface area contributed by atoms with Crippen LogP contribution in [0.3, 0.4) is 0 Å². The summed E-state index contributed by atoms with van der Waals surface area (Å²) in [4.78, 5) is 7.70. The number of aromatic nitrogens is 2. The molecule has 1 aliphatic heterocycles. The van der Waals surface area contributed by atoms with Crippen LogP contribution < -0.4 is 4.90 Å². The molecule has 2 aromatic heterocycles. The smallest absolute Gasteiger partial charge is 0.135 e. The van der Waals surface area contributed by atoms with Gasteiger partial charge in [-0.15, -0.1) is 0 Å². The predicted octanol–water partition coefficient (Wildman–Crippen LogP) is 9.22. The molecule has 0 fully saturated rings. The van der Waals surface area contributed by atoms with Crippen molar-refractivity contribution in [1.82, 2.24) is 9.55 Å². The van der Waals surface area contributed by atoms with Gasteiger partial charge in [0.25, 0.3) is 0 Å². The van der Waals surface area contributed by atoms with Crippen LogP contribution in [0.15, 0.2) is 146 Å². The lowest BCUT2D eigenvalue weighted by atomic mass is 9.95. The molecule has 3 nitrogen and oxygen atoms in total. The zero-order valence-corrected chi connectivity index (χ0v) is 22.0. The summed E-state index contributed by atoms with van der Waals surface area (Å²) in [6.07, 6.45) is 7.71. The van der Waals surface area contributed by atoms with E-state index in [2.05, 4.69) is 149 Å². The third-order valence-corrected chi connectivity index (χ3v) is 8.09. The van der Waals surface area contributed by atoms with E-state index < -0.39 is 0 Å². The summed E-state index contributed by atoms with van der Waals surface area (Å²) in [5.74, 6) is 2.16. The molecule has 40 heavy (non-hydrogen) atoms. The van der Waals surface area contributed by atoms with E-state index in [1.54, 1.807) is 0 Å². The Bertz CT molecular complexity index is 1910. The summed E-state index contributed by atoms with van der Waals surface area (Å²) in [7, 11) is 0. The Morgan fingerprint density at radius 3 is 2.12 bits per heavy atom. The van der Waals surface area contributed by atoms with E-state index in [-0.39, 0.29) is 6.04 Å². The van der Waals surface area contributed by atoms with Crippen molar-refractivity contribution in [2.75, 3.05) is 4.90 Å². The molecule has 3 heterocycles. The van der Waals surface area contributed by atoms with Crippen molar-refractivity contribution in [1.29, 1.82) is 0 Å². The fourth-order valence-corrected chi connectivity index (χ4v) is 6.29. The van der Waals surface area contributed by atoms with Crippen LogP contribution in [0.25, 0.3) is 44.5 Å². The molecule has 2 aliphatic rings. The molecule has 0 amide bonds. The van der Waals surface area contributed by atoms with Crippen molar-refractivity contribution in [2.45, 2.75) is 12.5 Å². The Morgan fingerprint density at radius 2 is 1.32 bits per heavy atom. The van der Waals surface area contributed by atoms with Crippen molar-refractivity contribution < 1.29 is 0 Å². The molecule has 8 rings (SSSR count). The van der Waals surface area contributed by atoms with E-state index in [1.165, 1.54) is 39.0 Å². The fraction of sp³-hybridized carbons (Fsp3) is 0.0541. The lowest BCUT2D eigenvalue weighted by Crippen LogP contribution is -2.29. The van der Waals surface area contributed by atoms with Gasteiger partial charge < -0.3 is 4.90 Å². The number of fused-ring (bicyclic) bond motifs is 5. The predicted molar refractivity (Wildman–Crippen MR) is 166 cm³/mol. The summed E-state index contributed by atoms with van der Waals surface area (Å²) >= 11 is 0. The zero-order chi connectivity index (χ0) is 26.5. The summed E-state index contributed by atoms with van der Waals surface area (Å²) < 4.78 is 2.43. The largest absolute Gasteiger partial charge is 0.304 e. The lowest BCUT2D eigenvalue weighted by molar-refractivity contribution is 0.800. The maximum Gasteiger partial charge on any atom is 0.135 e. The number of pyridine rings is 1. The van der Waals surface area contributed by atoms with Gasteiger partial charge >= 0.3 is 0 Å². The normalized spacial score (nSPS) is 15.7. The molecular weight excluding hydrogens is 486 g/mol. The van der Waals surface area contributed by atoms with Gasteiger partial charge in [0.05, 0.1) is 17.3 Å². The standard InChI is InChI=1S/C37H27N3/c1-3-12-26(13-4-1)27-22-24-29(25-23-27)39-33-19-9-7-16-30(33)36-31-17-8-10-20-34(31)40(37(36)39)35-21-11-18-32(38-35)28-14-5-2-6-15-28/h1-19,21-25,34H,20H2. The van der Waals surface area contributed by atoms with Crippen LogP contribution in [0.2, 0.25) is 0 Å². The molecule has 6 aromatic rings. The van der Waals surface area contributed by atoms with Gasteiger partial charge in [0.1, 0.15) is 11.6 Å². The summed E-state index contributed by atoms with van der Waals surface area (Å²) in [6.45, 7) is 0. The average Bonchev–Trinajstić information content (AvgIpc) is 3.55. The first-order valence-electron chi connectivity index (χ1n) is 13.8. The highest BCUT2D eigenvalue weighted by Gasteiger charge is 2.40.